The summed E-state index contributed by atoms with van der Waals surface area (Å²) in [5.74, 6) is 0.855. The summed E-state index contributed by atoms with van der Waals surface area (Å²) in [7, 11) is 0. The number of carbonyl (C=O) groups excluding carboxylic acids is 1. The van der Waals surface area contributed by atoms with Crippen LogP contribution in [-0.2, 0) is 0 Å². The Bertz CT molecular complexity index is 919. The maximum absolute atomic E-state index is 12.7. The van der Waals surface area contributed by atoms with E-state index in [0.717, 1.165) is 30.9 Å². The first-order valence-electron chi connectivity index (χ1n) is 8.89. The lowest BCUT2D eigenvalue weighted by atomic mass is 10.1. The maximum atomic E-state index is 12.7. The number of nitrogens with zero attached hydrogens (tertiary/aromatic N) is 4. The quantitative estimate of drug-likeness (QED) is 0.730. The van der Waals surface area contributed by atoms with Gasteiger partial charge in [0.25, 0.3) is 5.91 Å². The van der Waals surface area contributed by atoms with E-state index in [1.807, 2.05) is 35.2 Å². The van der Waals surface area contributed by atoms with Gasteiger partial charge >= 0.3 is 0 Å². The van der Waals surface area contributed by atoms with E-state index < -0.39 is 0 Å². The number of hydrogen-bond donors (Lipinski definition) is 1. The number of aromatic nitrogens is 3. The number of ether oxygens (including phenoxy) is 1. The molecule has 0 bridgehead atoms. The smallest absolute Gasteiger partial charge is 0.254 e. The number of hydrogen-bond acceptors (Lipinski definition) is 5. The highest BCUT2D eigenvalue weighted by Crippen LogP contribution is 2.16. The summed E-state index contributed by atoms with van der Waals surface area (Å²) in [5, 5.41) is 11.3. The normalized spacial score (nSPS) is 15.2. The summed E-state index contributed by atoms with van der Waals surface area (Å²) in [4.78, 5) is 16.9. The molecule has 0 radical (unpaired) electrons. The molecule has 8 heteroatoms. The van der Waals surface area contributed by atoms with Crippen LogP contribution in [0.3, 0.4) is 0 Å². The number of rotatable bonds is 5. The molecule has 0 aliphatic carbocycles. The number of nitrogens with one attached hydrogen (secondary N) is 1. The molecule has 1 saturated heterocycles. The Morgan fingerprint density at radius 3 is 2.56 bits per heavy atom. The van der Waals surface area contributed by atoms with Crippen LogP contribution in [0.5, 0.6) is 5.75 Å². The van der Waals surface area contributed by atoms with Crippen molar-refractivity contribution in [2.45, 2.75) is 0 Å². The van der Waals surface area contributed by atoms with E-state index in [9.17, 15) is 4.79 Å². The van der Waals surface area contributed by atoms with Crippen LogP contribution in [0, 0.1) is 0 Å². The molecule has 1 amide bonds. The van der Waals surface area contributed by atoms with E-state index >= 15 is 0 Å². The predicted molar refractivity (Wildman–Crippen MR) is 103 cm³/mol. The highest BCUT2D eigenvalue weighted by atomic mass is 35.5. The first kappa shape index (κ1) is 17.8. The average molecular weight is 386 g/mol. The molecule has 0 unspecified atom stereocenters. The molecule has 2 heterocycles. The van der Waals surface area contributed by atoms with Crippen molar-refractivity contribution in [2.75, 3.05) is 39.3 Å². The van der Waals surface area contributed by atoms with Crippen molar-refractivity contribution in [3.8, 4) is 5.75 Å². The van der Waals surface area contributed by atoms with Gasteiger partial charge in [0.2, 0.25) is 0 Å². The Kier molecular flexibility index (Phi) is 5.22. The topological polar surface area (TPSA) is 74.4 Å². The van der Waals surface area contributed by atoms with Gasteiger partial charge in [-0.25, -0.2) is 0 Å². The summed E-state index contributed by atoms with van der Waals surface area (Å²) in [5.41, 5.74) is 2.12. The number of piperazine rings is 1. The summed E-state index contributed by atoms with van der Waals surface area (Å²) in [6.45, 7) is 4.52. The Balaban J connectivity index is 1.25. The molecule has 1 fully saturated rings. The second-order valence-electron chi connectivity index (χ2n) is 6.46. The van der Waals surface area contributed by atoms with E-state index in [4.69, 9.17) is 16.3 Å². The van der Waals surface area contributed by atoms with Crippen molar-refractivity contribution in [1.82, 2.24) is 25.2 Å². The lowest BCUT2D eigenvalue weighted by Crippen LogP contribution is -2.49. The van der Waals surface area contributed by atoms with Gasteiger partial charge in [0, 0.05) is 43.3 Å². The summed E-state index contributed by atoms with van der Waals surface area (Å²) < 4.78 is 5.74. The predicted octanol–water partition coefficient (Wildman–Crippen LogP) is 2.45. The number of H-pyrrole nitrogens is 1. The second kappa shape index (κ2) is 7.94. The Labute approximate surface area is 161 Å². The number of carbonyl (C=O) groups is 1. The van der Waals surface area contributed by atoms with Crippen molar-refractivity contribution in [3.05, 3.63) is 53.1 Å². The molecule has 1 aromatic heterocycles. The van der Waals surface area contributed by atoms with Gasteiger partial charge in [-0.3, -0.25) is 9.69 Å². The van der Waals surface area contributed by atoms with Crippen LogP contribution in [-0.4, -0.2) is 70.4 Å². The Morgan fingerprint density at radius 1 is 1.04 bits per heavy atom. The molecule has 7 nitrogen and oxygen atoms in total. The van der Waals surface area contributed by atoms with Crippen molar-refractivity contribution in [1.29, 1.82) is 0 Å². The van der Waals surface area contributed by atoms with Gasteiger partial charge in [-0.15, -0.1) is 0 Å². The van der Waals surface area contributed by atoms with Gasteiger partial charge in [-0.05, 0) is 42.5 Å². The number of fused-ring (bicyclic) bond motifs is 1. The lowest BCUT2D eigenvalue weighted by molar-refractivity contribution is 0.0620. The molecule has 0 spiro atoms. The zero-order valence-corrected chi connectivity index (χ0v) is 15.5. The second-order valence-corrected chi connectivity index (χ2v) is 6.90. The van der Waals surface area contributed by atoms with E-state index in [-0.39, 0.29) is 5.91 Å². The van der Waals surface area contributed by atoms with Crippen LogP contribution in [0.4, 0.5) is 0 Å². The zero-order valence-electron chi connectivity index (χ0n) is 14.8. The van der Waals surface area contributed by atoms with Crippen molar-refractivity contribution in [2.24, 2.45) is 0 Å². The fraction of sp³-hybridized carbons (Fsp3) is 0.316. The number of aromatic amines is 1. The minimum atomic E-state index is 0.0389. The van der Waals surface area contributed by atoms with Gasteiger partial charge in [-0.2, -0.15) is 15.4 Å². The van der Waals surface area contributed by atoms with E-state index in [1.54, 1.807) is 12.1 Å². The minimum absolute atomic E-state index is 0.0389. The molecular formula is C19H20ClN5O2. The van der Waals surface area contributed by atoms with Crippen LogP contribution in [0.15, 0.2) is 42.5 Å². The third kappa shape index (κ3) is 4.20. The summed E-state index contributed by atoms with van der Waals surface area (Å²) in [6.07, 6.45) is 0. The van der Waals surface area contributed by atoms with Crippen molar-refractivity contribution < 1.29 is 9.53 Å². The molecule has 140 valence electrons. The molecular weight excluding hydrogens is 366 g/mol. The van der Waals surface area contributed by atoms with E-state index in [2.05, 4.69) is 20.3 Å². The molecule has 1 aliphatic rings. The molecule has 0 saturated carbocycles. The van der Waals surface area contributed by atoms with Crippen LogP contribution in [0.2, 0.25) is 5.02 Å². The average Bonchev–Trinajstić information content (AvgIpc) is 3.17. The molecule has 1 aliphatic heterocycles. The number of benzene rings is 2. The summed E-state index contributed by atoms with van der Waals surface area (Å²) >= 11 is 5.87. The molecule has 0 atom stereocenters. The van der Waals surface area contributed by atoms with E-state index in [1.165, 1.54) is 0 Å². The van der Waals surface area contributed by atoms with Crippen LogP contribution in [0.25, 0.3) is 11.0 Å². The summed E-state index contributed by atoms with van der Waals surface area (Å²) in [6, 6.07) is 12.8. The minimum Gasteiger partial charge on any atom is -0.492 e. The van der Waals surface area contributed by atoms with Gasteiger partial charge in [0.05, 0.1) is 0 Å². The molecule has 4 rings (SSSR count). The maximum Gasteiger partial charge on any atom is 0.254 e. The van der Waals surface area contributed by atoms with Crippen LogP contribution >= 0.6 is 11.6 Å². The fourth-order valence-corrected chi connectivity index (χ4v) is 3.28. The molecule has 1 N–H and O–H groups in total. The monoisotopic (exact) mass is 385 g/mol. The molecule has 3 aromatic rings. The van der Waals surface area contributed by atoms with Gasteiger partial charge in [0.1, 0.15) is 23.4 Å². The number of amides is 1. The lowest BCUT2D eigenvalue weighted by Gasteiger charge is -2.34. The first-order chi connectivity index (χ1) is 13.2. The Morgan fingerprint density at radius 2 is 1.78 bits per heavy atom. The third-order valence-electron chi connectivity index (χ3n) is 4.71. The zero-order chi connectivity index (χ0) is 18.6. The Hall–Kier alpha value is -2.64. The molecule has 2 aromatic carbocycles. The van der Waals surface area contributed by atoms with Crippen molar-refractivity contribution in [3.63, 3.8) is 0 Å². The number of halogens is 1. The van der Waals surface area contributed by atoms with Gasteiger partial charge in [0.15, 0.2) is 0 Å². The fourth-order valence-electron chi connectivity index (χ4n) is 3.15. The third-order valence-corrected chi connectivity index (χ3v) is 4.96. The van der Waals surface area contributed by atoms with E-state index in [0.29, 0.717) is 35.8 Å². The first-order valence-corrected chi connectivity index (χ1v) is 9.27. The SMILES string of the molecule is O=C(c1ccc2n[nH]nc2c1)N1CCN(CCOc2ccc(Cl)cc2)CC1. The van der Waals surface area contributed by atoms with Crippen molar-refractivity contribution >= 4 is 28.5 Å². The van der Waals surface area contributed by atoms with Crippen LogP contribution < -0.4 is 4.74 Å². The standard InChI is InChI=1S/C19H20ClN5O2/c20-15-2-4-16(5-3-15)27-12-11-24-7-9-25(10-8-24)19(26)14-1-6-17-18(13-14)22-23-21-17/h1-6,13H,7-12H2,(H,21,22,23). The highest BCUT2D eigenvalue weighted by molar-refractivity contribution is 6.30. The largest absolute Gasteiger partial charge is 0.492 e. The highest BCUT2D eigenvalue weighted by Gasteiger charge is 2.22. The van der Waals surface area contributed by atoms with Gasteiger partial charge < -0.3 is 9.64 Å². The van der Waals surface area contributed by atoms with Crippen LogP contribution in [0.1, 0.15) is 10.4 Å². The van der Waals surface area contributed by atoms with Gasteiger partial charge in [-0.1, -0.05) is 11.6 Å². The molecule has 27 heavy (non-hydrogen) atoms.